The lowest BCUT2D eigenvalue weighted by Gasteiger charge is -2.38. The summed E-state index contributed by atoms with van der Waals surface area (Å²) in [4.78, 5) is 11.4. The van der Waals surface area contributed by atoms with E-state index in [0.717, 1.165) is 19.5 Å². The fourth-order valence-electron chi connectivity index (χ4n) is 3.26. The lowest BCUT2D eigenvalue weighted by molar-refractivity contribution is -0.119. The van der Waals surface area contributed by atoms with Gasteiger partial charge < -0.3 is 10.6 Å². The highest BCUT2D eigenvalue weighted by atomic mass is 16.2. The Morgan fingerprint density at radius 2 is 1.77 bits per heavy atom. The number of rotatable bonds is 0. The number of piperidine rings is 1. The fourth-order valence-corrected chi connectivity index (χ4v) is 3.26. The van der Waals surface area contributed by atoms with Crippen LogP contribution in [0.15, 0.2) is 0 Å². The Morgan fingerprint density at radius 1 is 1.08 bits per heavy atom. The molecule has 3 fully saturated rings. The van der Waals surface area contributed by atoms with E-state index in [1.54, 1.807) is 0 Å². The van der Waals surface area contributed by atoms with E-state index in [0.29, 0.717) is 11.3 Å². The molecule has 1 aliphatic carbocycles. The van der Waals surface area contributed by atoms with Crippen molar-refractivity contribution in [2.45, 2.75) is 37.6 Å². The van der Waals surface area contributed by atoms with Crippen LogP contribution in [-0.4, -0.2) is 24.5 Å². The highest BCUT2D eigenvalue weighted by Crippen LogP contribution is 2.59. The minimum Gasteiger partial charge on any atom is -0.350 e. The van der Waals surface area contributed by atoms with Gasteiger partial charge in [0.25, 0.3) is 0 Å². The van der Waals surface area contributed by atoms with Crippen LogP contribution >= 0.6 is 0 Å². The summed E-state index contributed by atoms with van der Waals surface area (Å²) in [7, 11) is 0. The van der Waals surface area contributed by atoms with Crippen molar-refractivity contribution in [3.05, 3.63) is 0 Å². The molecular formula is C10H16N2O. The highest BCUT2D eigenvalue weighted by molar-refractivity contribution is 5.82. The van der Waals surface area contributed by atoms with Crippen molar-refractivity contribution in [1.29, 1.82) is 0 Å². The molecule has 3 nitrogen and oxygen atoms in total. The Balaban J connectivity index is 1.91. The molecule has 0 atom stereocenters. The van der Waals surface area contributed by atoms with E-state index in [1.165, 1.54) is 25.7 Å². The lowest BCUT2D eigenvalue weighted by atomic mass is 9.71. The summed E-state index contributed by atoms with van der Waals surface area (Å²) in [6, 6.07) is 0. The van der Waals surface area contributed by atoms with E-state index < -0.39 is 0 Å². The summed E-state index contributed by atoms with van der Waals surface area (Å²) in [5.41, 5.74) is 0.571. The van der Waals surface area contributed by atoms with Gasteiger partial charge in [-0.2, -0.15) is 0 Å². The van der Waals surface area contributed by atoms with Gasteiger partial charge in [0.05, 0.1) is 0 Å². The Hall–Kier alpha value is -0.570. The van der Waals surface area contributed by atoms with E-state index in [2.05, 4.69) is 10.6 Å². The average molecular weight is 180 g/mol. The first-order valence-corrected chi connectivity index (χ1v) is 5.28. The molecule has 3 aliphatic rings. The minimum atomic E-state index is 0.242. The molecule has 2 spiro atoms. The van der Waals surface area contributed by atoms with Gasteiger partial charge >= 0.3 is 0 Å². The molecule has 2 aliphatic heterocycles. The first kappa shape index (κ1) is 7.80. The molecule has 3 rings (SSSR count). The Morgan fingerprint density at radius 3 is 2.38 bits per heavy atom. The van der Waals surface area contributed by atoms with Crippen LogP contribution in [0.25, 0.3) is 0 Å². The second-order valence-electron chi connectivity index (χ2n) is 4.84. The molecule has 0 aromatic carbocycles. The van der Waals surface area contributed by atoms with E-state index in [9.17, 15) is 4.79 Å². The molecule has 3 heteroatoms. The molecule has 1 amide bonds. The predicted molar refractivity (Wildman–Crippen MR) is 49.3 cm³/mol. The molecule has 2 N–H and O–H groups in total. The summed E-state index contributed by atoms with van der Waals surface area (Å²) >= 11 is 0. The van der Waals surface area contributed by atoms with Gasteiger partial charge in [0.15, 0.2) is 0 Å². The zero-order chi connectivity index (χ0) is 8.94. The Kier molecular flexibility index (Phi) is 1.36. The van der Waals surface area contributed by atoms with Crippen molar-refractivity contribution in [3.8, 4) is 0 Å². The lowest BCUT2D eigenvalue weighted by Crippen LogP contribution is -2.46. The standard InChI is InChI=1S/C10H16N2O/c13-8-7-9(3-5-11-6-4-9)10(12-8)1-2-10/h11H,1-7H2,(H,12,13). The van der Waals surface area contributed by atoms with Crippen LogP contribution in [0.4, 0.5) is 0 Å². The SMILES string of the molecule is O=C1CC2(CCNCC2)C2(CC2)N1. The smallest absolute Gasteiger partial charge is 0.221 e. The third-order valence-corrected chi connectivity index (χ3v) is 4.20. The second kappa shape index (κ2) is 2.27. The number of fused-ring (bicyclic) bond motifs is 1. The zero-order valence-electron chi connectivity index (χ0n) is 7.86. The summed E-state index contributed by atoms with van der Waals surface area (Å²) in [6.07, 6.45) is 5.60. The van der Waals surface area contributed by atoms with E-state index >= 15 is 0 Å². The van der Waals surface area contributed by atoms with Gasteiger partial charge in [-0.15, -0.1) is 0 Å². The van der Waals surface area contributed by atoms with Gasteiger partial charge in [-0.25, -0.2) is 0 Å². The van der Waals surface area contributed by atoms with Crippen molar-refractivity contribution in [2.24, 2.45) is 5.41 Å². The normalized spacial score (nSPS) is 33.7. The maximum absolute atomic E-state index is 11.4. The molecular weight excluding hydrogens is 164 g/mol. The van der Waals surface area contributed by atoms with E-state index in [-0.39, 0.29) is 5.54 Å². The van der Waals surface area contributed by atoms with Crippen molar-refractivity contribution < 1.29 is 4.79 Å². The monoisotopic (exact) mass is 180 g/mol. The van der Waals surface area contributed by atoms with Gasteiger partial charge in [0.1, 0.15) is 0 Å². The van der Waals surface area contributed by atoms with E-state index in [1.807, 2.05) is 0 Å². The third kappa shape index (κ3) is 0.909. The number of nitrogens with one attached hydrogen (secondary N) is 2. The number of hydrogen-bond acceptors (Lipinski definition) is 2. The van der Waals surface area contributed by atoms with Crippen molar-refractivity contribution in [2.75, 3.05) is 13.1 Å². The predicted octanol–water partition coefficient (Wildman–Crippen LogP) is 0.409. The van der Waals surface area contributed by atoms with Crippen LogP contribution in [0, 0.1) is 5.41 Å². The van der Waals surface area contributed by atoms with Gasteiger partial charge in [-0.05, 0) is 38.8 Å². The molecule has 0 unspecified atom stereocenters. The van der Waals surface area contributed by atoms with E-state index in [4.69, 9.17) is 0 Å². The average Bonchev–Trinajstić information content (AvgIpc) is 2.82. The number of carbonyl (C=O) groups excluding carboxylic acids is 1. The van der Waals surface area contributed by atoms with Crippen molar-refractivity contribution in [1.82, 2.24) is 10.6 Å². The van der Waals surface area contributed by atoms with Crippen LogP contribution < -0.4 is 10.6 Å². The summed E-state index contributed by atoms with van der Waals surface area (Å²) in [5.74, 6) is 0.291. The fraction of sp³-hybridized carbons (Fsp3) is 0.900. The Bertz CT molecular complexity index is 252. The Labute approximate surface area is 78.3 Å². The zero-order valence-corrected chi connectivity index (χ0v) is 7.86. The van der Waals surface area contributed by atoms with Crippen LogP contribution in [-0.2, 0) is 4.79 Å². The summed E-state index contributed by atoms with van der Waals surface area (Å²) in [5, 5.41) is 6.58. The first-order valence-electron chi connectivity index (χ1n) is 5.28. The largest absolute Gasteiger partial charge is 0.350 e. The number of amides is 1. The van der Waals surface area contributed by atoms with Crippen molar-refractivity contribution in [3.63, 3.8) is 0 Å². The molecule has 1 saturated carbocycles. The minimum absolute atomic E-state index is 0.242. The van der Waals surface area contributed by atoms with Crippen LogP contribution in [0.2, 0.25) is 0 Å². The maximum atomic E-state index is 11.4. The summed E-state index contributed by atoms with van der Waals surface area (Å²) < 4.78 is 0. The molecule has 0 aromatic heterocycles. The second-order valence-corrected chi connectivity index (χ2v) is 4.84. The van der Waals surface area contributed by atoms with Crippen LogP contribution in [0.5, 0.6) is 0 Å². The van der Waals surface area contributed by atoms with Gasteiger partial charge in [-0.3, -0.25) is 4.79 Å². The molecule has 13 heavy (non-hydrogen) atoms. The topological polar surface area (TPSA) is 41.1 Å². The maximum Gasteiger partial charge on any atom is 0.221 e. The molecule has 72 valence electrons. The van der Waals surface area contributed by atoms with Gasteiger partial charge in [-0.1, -0.05) is 0 Å². The molecule has 0 radical (unpaired) electrons. The number of hydrogen-bond donors (Lipinski definition) is 2. The molecule has 2 heterocycles. The third-order valence-electron chi connectivity index (χ3n) is 4.20. The van der Waals surface area contributed by atoms with Gasteiger partial charge in [0.2, 0.25) is 5.91 Å². The highest BCUT2D eigenvalue weighted by Gasteiger charge is 2.64. The van der Waals surface area contributed by atoms with Crippen molar-refractivity contribution >= 4 is 5.91 Å². The van der Waals surface area contributed by atoms with Gasteiger partial charge in [0, 0.05) is 17.4 Å². The quantitative estimate of drug-likeness (QED) is 0.567. The van der Waals surface area contributed by atoms with Crippen LogP contribution in [0.3, 0.4) is 0 Å². The number of carbonyl (C=O) groups is 1. The molecule has 0 aromatic rings. The molecule has 0 bridgehead atoms. The van der Waals surface area contributed by atoms with Crippen LogP contribution in [0.1, 0.15) is 32.1 Å². The summed E-state index contributed by atoms with van der Waals surface area (Å²) in [6.45, 7) is 2.19. The molecule has 2 saturated heterocycles. The first-order chi connectivity index (χ1) is 6.27.